The maximum absolute atomic E-state index is 12.9. The molecular weight excluding hydrogens is 396 g/mol. The van der Waals surface area contributed by atoms with E-state index in [-0.39, 0.29) is 10.1 Å². The fourth-order valence-electron chi connectivity index (χ4n) is 3.37. The van der Waals surface area contributed by atoms with E-state index in [0.29, 0.717) is 30.4 Å². The van der Waals surface area contributed by atoms with Gasteiger partial charge in [-0.25, -0.2) is 13.4 Å². The topological polar surface area (TPSA) is 84.3 Å². The molecule has 3 heterocycles. The normalized spacial score (nSPS) is 15.5. The molecule has 0 atom stereocenters. The molecule has 1 saturated heterocycles. The predicted molar refractivity (Wildman–Crippen MR) is 108 cm³/mol. The van der Waals surface area contributed by atoms with Crippen LogP contribution in [-0.2, 0) is 10.0 Å². The summed E-state index contributed by atoms with van der Waals surface area (Å²) in [7, 11) is -3.63. The van der Waals surface area contributed by atoms with Crippen LogP contribution in [0.3, 0.4) is 0 Å². The largest absolute Gasteiger partial charge is 0.338 e. The molecule has 0 bridgehead atoms. The SMILES string of the molecule is O=C(c1cccc(NS(=O)(=O)c2cccs2)c1)N1CCC(n2ccnc2)CC1. The van der Waals surface area contributed by atoms with Gasteiger partial charge in [-0.1, -0.05) is 12.1 Å². The molecule has 0 saturated carbocycles. The van der Waals surface area contributed by atoms with Crippen molar-refractivity contribution in [1.29, 1.82) is 0 Å². The van der Waals surface area contributed by atoms with Crippen molar-refractivity contribution in [3.05, 3.63) is 66.1 Å². The third-order valence-corrected chi connectivity index (χ3v) is 7.60. The van der Waals surface area contributed by atoms with Crippen molar-refractivity contribution in [2.24, 2.45) is 0 Å². The number of nitrogens with zero attached hydrogens (tertiary/aromatic N) is 3. The Morgan fingerprint density at radius 3 is 2.68 bits per heavy atom. The number of hydrogen-bond acceptors (Lipinski definition) is 5. The molecule has 9 heteroatoms. The Hall–Kier alpha value is -2.65. The Morgan fingerprint density at radius 2 is 2.00 bits per heavy atom. The Bertz CT molecular complexity index is 1040. The van der Waals surface area contributed by atoms with Gasteiger partial charge in [0.15, 0.2) is 0 Å². The van der Waals surface area contributed by atoms with E-state index in [1.165, 1.54) is 0 Å². The molecule has 1 fully saturated rings. The van der Waals surface area contributed by atoms with E-state index in [1.54, 1.807) is 48.0 Å². The van der Waals surface area contributed by atoms with Crippen LogP contribution in [0, 0.1) is 0 Å². The number of anilines is 1. The summed E-state index contributed by atoms with van der Waals surface area (Å²) in [6, 6.07) is 10.2. The first-order valence-corrected chi connectivity index (χ1v) is 11.3. The zero-order valence-electron chi connectivity index (χ0n) is 15.1. The van der Waals surface area contributed by atoms with Gasteiger partial charge in [0, 0.05) is 42.8 Å². The minimum absolute atomic E-state index is 0.0822. The van der Waals surface area contributed by atoms with E-state index in [9.17, 15) is 13.2 Å². The summed E-state index contributed by atoms with van der Waals surface area (Å²) in [5.41, 5.74) is 0.861. The Kier molecular flexibility index (Phi) is 5.19. The number of benzene rings is 1. The molecule has 146 valence electrons. The standard InChI is InChI=1S/C19H20N4O3S2/c24-19(22-9-6-17(7-10-22)23-11-8-20-14-23)15-3-1-4-16(13-15)21-28(25,26)18-5-2-12-27-18/h1-5,8,11-14,17,21H,6-7,9-10H2. The number of sulfonamides is 1. The highest BCUT2D eigenvalue weighted by Crippen LogP contribution is 2.25. The lowest BCUT2D eigenvalue weighted by Crippen LogP contribution is -2.38. The molecule has 7 nitrogen and oxygen atoms in total. The number of carbonyl (C=O) groups is 1. The highest BCUT2D eigenvalue weighted by Gasteiger charge is 2.25. The lowest BCUT2D eigenvalue weighted by molar-refractivity contribution is 0.0694. The number of thiophene rings is 1. The van der Waals surface area contributed by atoms with E-state index < -0.39 is 10.0 Å². The number of nitrogens with one attached hydrogen (secondary N) is 1. The predicted octanol–water partition coefficient (Wildman–Crippen LogP) is 3.22. The van der Waals surface area contributed by atoms with Crippen LogP contribution < -0.4 is 4.72 Å². The lowest BCUT2D eigenvalue weighted by atomic mass is 10.0. The minimum atomic E-state index is -3.63. The summed E-state index contributed by atoms with van der Waals surface area (Å²) >= 11 is 1.15. The molecule has 0 unspecified atom stereocenters. The summed E-state index contributed by atoms with van der Waals surface area (Å²) < 4.78 is 29.7. The van der Waals surface area contributed by atoms with Crippen molar-refractivity contribution >= 4 is 33.0 Å². The van der Waals surface area contributed by atoms with Crippen molar-refractivity contribution in [3.8, 4) is 0 Å². The van der Waals surface area contributed by atoms with Crippen molar-refractivity contribution in [2.45, 2.75) is 23.1 Å². The summed E-state index contributed by atoms with van der Waals surface area (Å²) in [5, 5.41) is 1.71. The maximum atomic E-state index is 12.9. The Labute approximate surface area is 167 Å². The van der Waals surface area contributed by atoms with E-state index in [0.717, 1.165) is 24.2 Å². The first-order valence-electron chi connectivity index (χ1n) is 8.96. The van der Waals surface area contributed by atoms with Gasteiger partial charge >= 0.3 is 0 Å². The molecule has 2 aromatic heterocycles. The van der Waals surface area contributed by atoms with Crippen LogP contribution in [0.25, 0.3) is 0 Å². The number of piperidine rings is 1. The van der Waals surface area contributed by atoms with Gasteiger partial charge in [0.1, 0.15) is 4.21 Å². The zero-order chi connectivity index (χ0) is 19.6. The van der Waals surface area contributed by atoms with E-state index >= 15 is 0 Å². The third kappa shape index (κ3) is 3.95. The van der Waals surface area contributed by atoms with E-state index in [1.807, 2.05) is 17.4 Å². The van der Waals surface area contributed by atoms with Gasteiger partial charge in [-0.2, -0.15) is 0 Å². The zero-order valence-corrected chi connectivity index (χ0v) is 16.7. The second-order valence-electron chi connectivity index (χ2n) is 6.65. The first kappa shape index (κ1) is 18.7. The molecule has 1 N–H and O–H groups in total. The number of imidazole rings is 1. The van der Waals surface area contributed by atoms with Crippen LogP contribution in [0.5, 0.6) is 0 Å². The van der Waals surface area contributed by atoms with Crippen LogP contribution >= 0.6 is 11.3 Å². The number of carbonyl (C=O) groups excluding carboxylic acids is 1. The second kappa shape index (κ2) is 7.76. The monoisotopic (exact) mass is 416 g/mol. The number of amides is 1. The highest BCUT2D eigenvalue weighted by atomic mass is 32.2. The molecule has 28 heavy (non-hydrogen) atoms. The summed E-state index contributed by atoms with van der Waals surface area (Å²) in [6.45, 7) is 1.32. The Morgan fingerprint density at radius 1 is 1.18 bits per heavy atom. The van der Waals surface area contributed by atoms with Crippen LogP contribution in [0.15, 0.2) is 64.7 Å². The van der Waals surface area contributed by atoms with Crippen LogP contribution in [-0.4, -0.2) is 41.9 Å². The van der Waals surface area contributed by atoms with Crippen LogP contribution in [0.1, 0.15) is 29.2 Å². The van der Waals surface area contributed by atoms with Gasteiger partial charge in [0.2, 0.25) is 0 Å². The average molecular weight is 417 g/mol. The van der Waals surface area contributed by atoms with Crippen LogP contribution in [0.4, 0.5) is 5.69 Å². The Balaban J connectivity index is 1.44. The third-order valence-electron chi connectivity index (χ3n) is 4.82. The molecular formula is C19H20N4O3S2. The quantitative estimate of drug-likeness (QED) is 0.692. The van der Waals surface area contributed by atoms with Gasteiger partial charge in [-0.05, 0) is 42.5 Å². The lowest BCUT2D eigenvalue weighted by Gasteiger charge is -2.32. The fraction of sp³-hybridized carbons (Fsp3) is 0.263. The highest BCUT2D eigenvalue weighted by molar-refractivity contribution is 7.94. The van der Waals surface area contributed by atoms with Gasteiger partial charge in [-0.3, -0.25) is 9.52 Å². The summed E-state index contributed by atoms with van der Waals surface area (Å²) in [5.74, 6) is -0.0822. The van der Waals surface area contributed by atoms with Crippen molar-refractivity contribution < 1.29 is 13.2 Å². The molecule has 1 amide bonds. The maximum Gasteiger partial charge on any atom is 0.271 e. The number of rotatable bonds is 5. The second-order valence-corrected chi connectivity index (χ2v) is 9.51. The molecule has 3 aromatic rings. The van der Waals surface area contributed by atoms with Crippen molar-refractivity contribution in [1.82, 2.24) is 14.5 Å². The minimum Gasteiger partial charge on any atom is -0.338 e. The van der Waals surface area contributed by atoms with E-state index in [4.69, 9.17) is 0 Å². The molecule has 1 aliphatic heterocycles. The van der Waals surface area contributed by atoms with Crippen molar-refractivity contribution in [2.75, 3.05) is 17.8 Å². The molecule has 1 aliphatic rings. The molecule has 0 aliphatic carbocycles. The van der Waals surface area contributed by atoms with Gasteiger partial charge in [-0.15, -0.1) is 11.3 Å². The number of aromatic nitrogens is 2. The van der Waals surface area contributed by atoms with E-state index in [2.05, 4.69) is 14.3 Å². The van der Waals surface area contributed by atoms with Gasteiger partial charge in [0.05, 0.1) is 6.33 Å². The van der Waals surface area contributed by atoms with Gasteiger partial charge < -0.3 is 9.47 Å². The van der Waals surface area contributed by atoms with Crippen LogP contribution in [0.2, 0.25) is 0 Å². The summed E-state index contributed by atoms with van der Waals surface area (Å²) in [4.78, 5) is 18.8. The number of hydrogen-bond donors (Lipinski definition) is 1. The average Bonchev–Trinajstić information content (AvgIpc) is 3.41. The molecule has 0 radical (unpaired) electrons. The molecule has 4 rings (SSSR count). The smallest absolute Gasteiger partial charge is 0.271 e. The molecule has 1 aromatic carbocycles. The summed E-state index contributed by atoms with van der Waals surface area (Å²) in [6.07, 6.45) is 7.26. The fourth-order valence-corrected chi connectivity index (χ4v) is 5.42. The number of likely N-dealkylation sites (tertiary alicyclic amines) is 1. The molecule has 0 spiro atoms. The first-order chi connectivity index (χ1) is 13.5. The van der Waals surface area contributed by atoms with Crippen molar-refractivity contribution in [3.63, 3.8) is 0 Å². The van der Waals surface area contributed by atoms with Gasteiger partial charge in [0.25, 0.3) is 15.9 Å².